The molecule has 6 nitrogen and oxygen atoms in total. The number of nitrogens with zero attached hydrogens (tertiary/aromatic N) is 3. The summed E-state index contributed by atoms with van der Waals surface area (Å²) in [6.45, 7) is 7.72. The van der Waals surface area contributed by atoms with Gasteiger partial charge in [-0.05, 0) is 25.5 Å². The van der Waals surface area contributed by atoms with E-state index in [0.717, 1.165) is 47.7 Å². The molecule has 3 heterocycles. The van der Waals surface area contributed by atoms with Crippen molar-refractivity contribution < 1.29 is 9.84 Å². The van der Waals surface area contributed by atoms with E-state index in [9.17, 15) is 5.11 Å². The Morgan fingerprint density at radius 3 is 3.00 bits per heavy atom. The molecule has 1 atom stereocenters. The van der Waals surface area contributed by atoms with Crippen molar-refractivity contribution in [3.05, 3.63) is 35.4 Å². The smallest absolute Gasteiger partial charge is 0.165 e. The first-order chi connectivity index (χ1) is 12.7. The molecule has 2 N–H and O–H groups in total. The van der Waals surface area contributed by atoms with Gasteiger partial charge in [-0.3, -0.25) is 9.88 Å². The number of aromatic amines is 1. The Morgan fingerprint density at radius 1 is 1.35 bits per heavy atom. The van der Waals surface area contributed by atoms with E-state index in [-0.39, 0.29) is 12.7 Å². The Kier molecular flexibility index (Phi) is 7.39. The highest BCUT2D eigenvalue weighted by atomic mass is 32.2. The molecule has 1 aliphatic rings. The molecule has 2 aromatic rings. The zero-order chi connectivity index (χ0) is 18.4. The maximum atomic E-state index is 9.24. The Morgan fingerprint density at radius 2 is 2.23 bits per heavy atom. The van der Waals surface area contributed by atoms with E-state index in [0.29, 0.717) is 6.61 Å². The number of thioether (sulfide) groups is 2. The Balaban J connectivity index is 1.50. The van der Waals surface area contributed by atoms with Gasteiger partial charge < -0.3 is 14.8 Å². The fourth-order valence-corrected chi connectivity index (χ4v) is 4.82. The Bertz CT molecular complexity index is 710. The molecule has 26 heavy (non-hydrogen) atoms. The molecular formula is C18H26N4O2S2. The molecule has 3 rings (SSSR count). The number of H-pyrrole nitrogens is 1. The minimum absolute atomic E-state index is 0.0368. The van der Waals surface area contributed by atoms with E-state index < -0.39 is 0 Å². The van der Waals surface area contributed by atoms with E-state index in [1.165, 1.54) is 10.5 Å². The predicted molar refractivity (Wildman–Crippen MR) is 106 cm³/mol. The second-order valence-electron chi connectivity index (χ2n) is 6.37. The van der Waals surface area contributed by atoms with Gasteiger partial charge in [0.15, 0.2) is 5.16 Å². The van der Waals surface area contributed by atoms with Crippen LogP contribution in [0.25, 0.3) is 0 Å². The monoisotopic (exact) mass is 394 g/mol. The summed E-state index contributed by atoms with van der Waals surface area (Å²) in [5.74, 6) is 1.84. The first kappa shape index (κ1) is 19.7. The number of aromatic nitrogens is 3. The van der Waals surface area contributed by atoms with Crippen LogP contribution in [0.5, 0.6) is 0 Å². The minimum Gasteiger partial charge on any atom is -0.394 e. The number of hydrogen-bond acceptors (Lipinski definition) is 7. The predicted octanol–water partition coefficient (Wildman–Crippen LogP) is 2.50. The van der Waals surface area contributed by atoms with Crippen LogP contribution in [0.15, 0.2) is 28.5 Å². The van der Waals surface area contributed by atoms with E-state index in [1.54, 1.807) is 11.8 Å². The lowest BCUT2D eigenvalue weighted by Crippen LogP contribution is -2.44. The van der Waals surface area contributed by atoms with Gasteiger partial charge in [0.25, 0.3) is 0 Å². The topological polar surface area (TPSA) is 74.3 Å². The molecule has 0 amide bonds. The lowest BCUT2D eigenvalue weighted by molar-refractivity contribution is -0.0509. The van der Waals surface area contributed by atoms with E-state index >= 15 is 0 Å². The average Bonchev–Trinajstić information content (AvgIpc) is 3.07. The van der Waals surface area contributed by atoms with Gasteiger partial charge in [-0.2, -0.15) is 0 Å². The molecule has 0 saturated carbocycles. The summed E-state index contributed by atoms with van der Waals surface area (Å²) in [5.41, 5.74) is 3.44. The van der Waals surface area contributed by atoms with Gasteiger partial charge in [0.05, 0.1) is 25.0 Å². The molecule has 0 spiro atoms. The second-order valence-corrected chi connectivity index (χ2v) is 8.47. The maximum Gasteiger partial charge on any atom is 0.165 e. The van der Waals surface area contributed by atoms with Crippen molar-refractivity contribution in [1.29, 1.82) is 0 Å². The Labute approximate surface area is 163 Å². The highest BCUT2D eigenvalue weighted by Crippen LogP contribution is 2.27. The summed E-state index contributed by atoms with van der Waals surface area (Å²) in [4.78, 5) is 15.8. The number of pyridine rings is 1. The molecular weight excluding hydrogens is 368 g/mol. The molecule has 0 aromatic carbocycles. The van der Waals surface area contributed by atoms with Crippen LogP contribution in [0.2, 0.25) is 0 Å². The first-order valence-corrected chi connectivity index (χ1v) is 10.8. The number of rotatable bonds is 8. The van der Waals surface area contributed by atoms with Gasteiger partial charge in [0.1, 0.15) is 0 Å². The number of ether oxygens (including phenoxy) is 1. The number of hydrogen-bond donors (Lipinski definition) is 2. The van der Waals surface area contributed by atoms with Gasteiger partial charge in [0.2, 0.25) is 0 Å². The average molecular weight is 395 g/mol. The van der Waals surface area contributed by atoms with Crippen LogP contribution < -0.4 is 0 Å². The fourth-order valence-electron chi connectivity index (χ4n) is 2.84. The molecule has 142 valence electrons. The highest BCUT2D eigenvalue weighted by molar-refractivity contribution is 7.99. The van der Waals surface area contributed by atoms with E-state index in [1.807, 2.05) is 31.1 Å². The zero-order valence-electron chi connectivity index (χ0n) is 15.3. The maximum absolute atomic E-state index is 9.24. The van der Waals surface area contributed by atoms with Crippen molar-refractivity contribution in [2.24, 2.45) is 0 Å². The number of aliphatic hydroxyl groups excluding tert-OH is 1. The van der Waals surface area contributed by atoms with Crippen LogP contribution in [-0.4, -0.2) is 69.7 Å². The van der Waals surface area contributed by atoms with Gasteiger partial charge in [-0.1, -0.05) is 11.8 Å². The third kappa shape index (κ3) is 5.47. The third-order valence-electron chi connectivity index (χ3n) is 4.38. The number of aryl methyl sites for hydroxylation is 1. The normalized spacial score (nSPS) is 18.3. The summed E-state index contributed by atoms with van der Waals surface area (Å²) in [7, 11) is 0. The number of imidazole rings is 1. The van der Waals surface area contributed by atoms with Crippen molar-refractivity contribution in [3.8, 4) is 0 Å². The van der Waals surface area contributed by atoms with Crippen molar-refractivity contribution in [1.82, 2.24) is 19.9 Å². The summed E-state index contributed by atoms with van der Waals surface area (Å²) in [6.07, 6.45) is 3.71. The summed E-state index contributed by atoms with van der Waals surface area (Å²) < 4.78 is 5.50. The van der Waals surface area contributed by atoms with Crippen LogP contribution >= 0.6 is 23.5 Å². The van der Waals surface area contributed by atoms with Crippen LogP contribution in [0.3, 0.4) is 0 Å². The summed E-state index contributed by atoms with van der Waals surface area (Å²) >= 11 is 3.55. The molecule has 1 fully saturated rings. The SMILES string of the molecule is Cc1cnc(SCc2nccc(SCCN3CCOC(CO)C3)c2C)[nH]1. The molecule has 2 aromatic heterocycles. The molecule has 0 aliphatic carbocycles. The van der Waals surface area contributed by atoms with Crippen LogP contribution in [-0.2, 0) is 10.5 Å². The number of nitrogens with one attached hydrogen (secondary N) is 1. The van der Waals surface area contributed by atoms with Gasteiger partial charge in [-0.25, -0.2) is 4.98 Å². The second kappa shape index (κ2) is 9.75. The molecule has 0 radical (unpaired) electrons. The summed E-state index contributed by atoms with van der Waals surface area (Å²) in [6, 6.07) is 2.10. The van der Waals surface area contributed by atoms with Gasteiger partial charge in [-0.15, -0.1) is 11.8 Å². The van der Waals surface area contributed by atoms with Crippen LogP contribution in [0.4, 0.5) is 0 Å². The minimum atomic E-state index is -0.0368. The standard InChI is InChI=1S/C18H26N4O2S2/c1-13-9-20-18(21-13)26-12-16-14(2)17(3-4-19-16)25-8-6-22-5-7-24-15(10-22)11-23/h3-4,9,15,23H,5-8,10-12H2,1-2H3,(H,20,21). The van der Waals surface area contributed by atoms with Gasteiger partial charge >= 0.3 is 0 Å². The quantitative estimate of drug-likeness (QED) is 0.666. The number of aliphatic hydroxyl groups is 1. The Hall–Kier alpha value is -1.06. The molecule has 1 unspecified atom stereocenters. The van der Waals surface area contributed by atoms with Gasteiger partial charge in [0, 0.05) is 54.1 Å². The lowest BCUT2D eigenvalue weighted by atomic mass is 10.2. The van der Waals surface area contributed by atoms with Crippen molar-refractivity contribution in [2.45, 2.75) is 35.8 Å². The largest absolute Gasteiger partial charge is 0.394 e. The lowest BCUT2D eigenvalue weighted by Gasteiger charge is -2.31. The number of morpholine rings is 1. The molecule has 1 saturated heterocycles. The molecule has 0 bridgehead atoms. The summed E-state index contributed by atoms with van der Waals surface area (Å²) in [5, 5.41) is 10.2. The van der Waals surface area contributed by atoms with E-state index in [2.05, 4.69) is 32.8 Å². The van der Waals surface area contributed by atoms with Crippen molar-refractivity contribution >= 4 is 23.5 Å². The fraction of sp³-hybridized carbons (Fsp3) is 0.556. The first-order valence-electron chi connectivity index (χ1n) is 8.82. The zero-order valence-corrected chi connectivity index (χ0v) is 16.9. The molecule has 8 heteroatoms. The third-order valence-corrected chi connectivity index (χ3v) is 6.41. The van der Waals surface area contributed by atoms with E-state index in [4.69, 9.17) is 4.74 Å². The highest BCUT2D eigenvalue weighted by Gasteiger charge is 2.19. The van der Waals surface area contributed by atoms with Crippen molar-refractivity contribution in [3.63, 3.8) is 0 Å². The molecule has 1 aliphatic heterocycles. The van der Waals surface area contributed by atoms with Crippen LogP contribution in [0.1, 0.15) is 17.0 Å². The van der Waals surface area contributed by atoms with Crippen molar-refractivity contribution in [2.75, 3.05) is 38.6 Å². The van der Waals surface area contributed by atoms with Crippen LogP contribution in [0, 0.1) is 13.8 Å².